The lowest BCUT2D eigenvalue weighted by molar-refractivity contribution is -0.135. The van der Waals surface area contributed by atoms with Crippen LogP contribution in [0.3, 0.4) is 0 Å². The molecule has 5 heteroatoms. The third-order valence-electron chi connectivity index (χ3n) is 4.12. The number of likely N-dealkylation sites (tertiary alicyclic amines) is 1. The minimum absolute atomic E-state index is 0.0461. The number of hydrogen-bond donors (Lipinski definition) is 0. The molecule has 0 bridgehead atoms. The molecule has 120 valence electrons. The van der Waals surface area contributed by atoms with Gasteiger partial charge in [-0.1, -0.05) is 6.07 Å². The highest BCUT2D eigenvalue weighted by molar-refractivity contribution is 5.77. The molecule has 0 radical (unpaired) electrons. The lowest BCUT2D eigenvalue weighted by atomic mass is 9.92. The van der Waals surface area contributed by atoms with Crippen LogP contribution in [0.25, 0.3) is 0 Å². The average molecular weight is 311 g/mol. The fraction of sp³-hybridized carbons (Fsp3) is 0.389. The zero-order valence-electron chi connectivity index (χ0n) is 13.1. The molecule has 0 spiro atoms. The fourth-order valence-corrected chi connectivity index (χ4v) is 2.98. The Hall–Kier alpha value is -2.43. The summed E-state index contributed by atoms with van der Waals surface area (Å²) in [6.07, 6.45) is 10.2. The Labute approximate surface area is 136 Å². The van der Waals surface area contributed by atoms with Crippen LogP contribution in [0.15, 0.2) is 49.1 Å². The van der Waals surface area contributed by atoms with Gasteiger partial charge in [-0.05, 0) is 48.9 Å². The van der Waals surface area contributed by atoms with E-state index in [0.717, 1.165) is 32.4 Å². The molecule has 0 unspecified atom stereocenters. The van der Waals surface area contributed by atoms with Gasteiger partial charge in [0.05, 0.1) is 6.20 Å². The maximum atomic E-state index is 12.3. The highest BCUT2D eigenvalue weighted by Crippen LogP contribution is 2.20. The lowest BCUT2D eigenvalue weighted by Gasteiger charge is -2.32. The van der Waals surface area contributed by atoms with E-state index in [1.807, 2.05) is 23.2 Å². The number of pyridine rings is 2. The van der Waals surface area contributed by atoms with Crippen molar-refractivity contribution in [1.29, 1.82) is 0 Å². The van der Waals surface area contributed by atoms with Crippen molar-refractivity contribution in [1.82, 2.24) is 14.9 Å². The van der Waals surface area contributed by atoms with Crippen LogP contribution in [0.5, 0.6) is 5.75 Å². The highest BCUT2D eigenvalue weighted by atomic mass is 16.5. The topological polar surface area (TPSA) is 55.3 Å². The zero-order valence-corrected chi connectivity index (χ0v) is 13.1. The first kappa shape index (κ1) is 15.5. The molecular weight excluding hydrogens is 290 g/mol. The van der Waals surface area contributed by atoms with E-state index in [1.54, 1.807) is 24.7 Å². The van der Waals surface area contributed by atoms with Gasteiger partial charge in [0.1, 0.15) is 5.75 Å². The van der Waals surface area contributed by atoms with Gasteiger partial charge in [-0.15, -0.1) is 0 Å². The first-order valence-corrected chi connectivity index (χ1v) is 8.01. The first-order chi connectivity index (χ1) is 11.3. The lowest BCUT2D eigenvalue weighted by Crippen LogP contribution is -2.42. The summed E-state index contributed by atoms with van der Waals surface area (Å²) in [5.41, 5.74) is 1.23. The Morgan fingerprint density at radius 2 is 2.04 bits per heavy atom. The van der Waals surface area contributed by atoms with Crippen LogP contribution in [0.1, 0.15) is 18.4 Å². The van der Waals surface area contributed by atoms with Gasteiger partial charge < -0.3 is 9.64 Å². The SMILES string of the molecule is O=C(COc1cccnc1)N1CCC[C@@H](Cc2cccnc2)C1. The number of amides is 1. The van der Waals surface area contributed by atoms with Crippen molar-refractivity contribution in [2.45, 2.75) is 19.3 Å². The predicted molar refractivity (Wildman–Crippen MR) is 87.0 cm³/mol. The van der Waals surface area contributed by atoms with Crippen molar-refractivity contribution in [3.8, 4) is 5.75 Å². The molecule has 23 heavy (non-hydrogen) atoms. The van der Waals surface area contributed by atoms with Crippen LogP contribution in [-0.2, 0) is 11.2 Å². The van der Waals surface area contributed by atoms with Gasteiger partial charge in [0.2, 0.25) is 0 Å². The fourth-order valence-electron chi connectivity index (χ4n) is 2.98. The normalized spacial score (nSPS) is 17.7. The van der Waals surface area contributed by atoms with E-state index in [0.29, 0.717) is 11.7 Å². The molecule has 0 N–H and O–H groups in total. The van der Waals surface area contributed by atoms with Crippen molar-refractivity contribution in [3.05, 3.63) is 54.6 Å². The summed E-state index contributed by atoms with van der Waals surface area (Å²) in [7, 11) is 0. The second kappa shape index (κ2) is 7.72. The smallest absolute Gasteiger partial charge is 0.260 e. The number of nitrogens with zero attached hydrogens (tertiary/aromatic N) is 3. The van der Waals surface area contributed by atoms with Gasteiger partial charge in [0.25, 0.3) is 5.91 Å². The Balaban J connectivity index is 1.50. The highest BCUT2D eigenvalue weighted by Gasteiger charge is 2.24. The molecule has 3 heterocycles. The quantitative estimate of drug-likeness (QED) is 0.850. The number of aromatic nitrogens is 2. The summed E-state index contributed by atoms with van der Waals surface area (Å²) in [6.45, 7) is 1.69. The number of carbonyl (C=O) groups excluding carboxylic acids is 1. The van der Waals surface area contributed by atoms with Crippen LogP contribution in [0, 0.1) is 5.92 Å². The third kappa shape index (κ3) is 4.52. The maximum absolute atomic E-state index is 12.3. The van der Waals surface area contributed by atoms with Gasteiger partial charge in [-0.3, -0.25) is 14.8 Å². The number of rotatable bonds is 5. The molecule has 1 saturated heterocycles. The molecular formula is C18H21N3O2. The maximum Gasteiger partial charge on any atom is 0.260 e. The van der Waals surface area contributed by atoms with Crippen molar-refractivity contribution >= 4 is 5.91 Å². The summed E-state index contributed by atoms with van der Waals surface area (Å²) < 4.78 is 5.51. The average Bonchev–Trinajstić information content (AvgIpc) is 2.62. The molecule has 0 saturated carbocycles. The van der Waals surface area contributed by atoms with Gasteiger partial charge in [-0.25, -0.2) is 0 Å². The van der Waals surface area contributed by atoms with E-state index < -0.39 is 0 Å². The largest absolute Gasteiger partial charge is 0.482 e. The van der Waals surface area contributed by atoms with Crippen LogP contribution in [0.2, 0.25) is 0 Å². The Bertz CT molecular complexity index is 619. The molecule has 2 aromatic rings. The van der Waals surface area contributed by atoms with Crippen molar-refractivity contribution < 1.29 is 9.53 Å². The van der Waals surface area contributed by atoms with E-state index in [-0.39, 0.29) is 12.5 Å². The molecule has 1 atom stereocenters. The van der Waals surface area contributed by atoms with Gasteiger partial charge in [-0.2, -0.15) is 0 Å². The second-order valence-corrected chi connectivity index (χ2v) is 5.89. The first-order valence-electron chi connectivity index (χ1n) is 8.01. The Morgan fingerprint density at radius 1 is 1.22 bits per heavy atom. The molecule has 0 aromatic carbocycles. The van der Waals surface area contributed by atoms with Gasteiger partial charge >= 0.3 is 0 Å². The Morgan fingerprint density at radius 3 is 2.78 bits per heavy atom. The predicted octanol–water partition coefficient (Wildman–Crippen LogP) is 2.34. The van der Waals surface area contributed by atoms with Crippen LogP contribution < -0.4 is 4.74 Å². The van der Waals surface area contributed by atoms with E-state index in [4.69, 9.17) is 4.74 Å². The minimum Gasteiger partial charge on any atom is -0.482 e. The summed E-state index contributed by atoms with van der Waals surface area (Å²) in [5, 5.41) is 0. The van der Waals surface area contributed by atoms with E-state index in [2.05, 4.69) is 16.0 Å². The molecule has 1 aliphatic rings. The van der Waals surface area contributed by atoms with Crippen molar-refractivity contribution in [2.24, 2.45) is 5.92 Å². The monoisotopic (exact) mass is 311 g/mol. The third-order valence-corrected chi connectivity index (χ3v) is 4.12. The van der Waals surface area contributed by atoms with E-state index in [9.17, 15) is 4.79 Å². The summed E-state index contributed by atoms with van der Waals surface area (Å²) >= 11 is 0. The van der Waals surface area contributed by atoms with E-state index in [1.165, 1.54) is 5.56 Å². The molecule has 1 aliphatic heterocycles. The van der Waals surface area contributed by atoms with Crippen molar-refractivity contribution in [3.63, 3.8) is 0 Å². The van der Waals surface area contributed by atoms with Crippen molar-refractivity contribution in [2.75, 3.05) is 19.7 Å². The number of ether oxygens (including phenoxy) is 1. The molecule has 1 fully saturated rings. The summed E-state index contributed by atoms with van der Waals surface area (Å²) in [5.74, 6) is 1.17. The molecule has 1 amide bonds. The molecule has 5 nitrogen and oxygen atoms in total. The van der Waals surface area contributed by atoms with Crippen LogP contribution in [0.4, 0.5) is 0 Å². The zero-order chi connectivity index (χ0) is 15.9. The Kier molecular flexibility index (Phi) is 5.19. The molecule has 2 aromatic heterocycles. The van der Waals surface area contributed by atoms with E-state index >= 15 is 0 Å². The minimum atomic E-state index is 0.0461. The molecule has 0 aliphatic carbocycles. The number of carbonyl (C=O) groups is 1. The number of piperidine rings is 1. The number of hydrogen-bond acceptors (Lipinski definition) is 4. The van der Waals surface area contributed by atoms with Crippen LogP contribution >= 0.6 is 0 Å². The second-order valence-electron chi connectivity index (χ2n) is 5.89. The van der Waals surface area contributed by atoms with Crippen LogP contribution in [-0.4, -0.2) is 40.5 Å². The van der Waals surface area contributed by atoms with Gasteiger partial charge in [0, 0.05) is 31.7 Å². The summed E-state index contributed by atoms with van der Waals surface area (Å²) in [6, 6.07) is 7.66. The molecule has 3 rings (SSSR count). The standard InChI is InChI=1S/C18H21N3O2/c22-18(14-23-17-6-2-8-20-12-17)21-9-3-5-16(13-21)10-15-4-1-7-19-11-15/h1-2,4,6-8,11-12,16H,3,5,9-10,13-14H2/t16-/m0/s1. The van der Waals surface area contributed by atoms with Gasteiger partial charge in [0.15, 0.2) is 6.61 Å². The summed E-state index contributed by atoms with van der Waals surface area (Å²) in [4.78, 5) is 22.4.